The lowest BCUT2D eigenvalue weighted by Crippen LogP contribution is -2.14. The molecule has 0 bridgehead atoms. The summed E-state index contributed by atoms with van der Waals surface area (Å²) >= 11 is 0. The number of anilines is 6. The van der Waals surface area contributed by atoms with Crippen molar-refractivity contribution >= 4 is 44.9 Å². The Balaban J connectivity index is 1.33. The van der Waals surface area contributed by atoms with Crippen LogP contribution in [0.15, 0.2) is 146 Å². The van der Waals surface area contributed by atoms with Crippen LogP contribution in [0.1, 0.15) is 55.6 Å². The van der Waals surface area contributed by atoms with E-state index >= 15 is 0 Å². The molecule has 0 aromatic heterocycles. The molecule has 0 atom stereocenters. The highest BCUT2D eigenvalue weighted by Crippen LogP contribution is 2.49. The highest BCUT2D eigenvalue weighted by Gasteiger charge is 2.25. The van der Waals surface area contributed by atoms with E-state index in [9.17, 15) is 0 Å². The summed E-state index contributed by atoms with van der Waals surface area (Å²) in [5, 5.41) is 2.51. The van der Waals surface area contributed by atoms with Crippen LogP contribution in [0.25, 0.3) is 33.0 Å². The Morgan fingerprint density at radius 2 is 0.690 bits per heavy atom. The number of hydrogen-bond donors (Lipinski definition) is 0. The number of nitrogens with zero attached hydrogens (tertiary/aromatic N) is 2. The number of hydrogen-bond acceptors (Lipinski definition) is 2. The first-order valence-electron chi connectivity index (χ1n) is 20.9. The molecule has 0 radical (unpaired) electrons. The summed E-state index contributed by atoms with van der Waals surface area (Å²) in [7, 11) is 0. The van der Waals surface area contributed by atoms with Crippen molar-refractivity contribution in [2.24, 2.45) is 0 Å². The van der Waals surface area contributed by atoms with E-state index < -0.39 is 0 Å². The number of para-hydroxylation sites is 2. The molecule has 0 aliphatic heterocycles. The molecule has 2 aliphatic rings. The molecule has 0 N–H and O–H groups in total. The molecule has 8 aromatic carbocycles. The number of aryl methyl sites for hydroxylation is 10. The van der Waals surface area contributed by atoms with Crippen molar-refractivity contribution < 1.29 is 0 Å². The summed E-state index contributed by atoms with van der Waals surface area (Å²) < 4.78 is 0. The Hall–Kier alpha value is -6.38. The van der Waals surface area contributed by atoms with E-state index in [1.807, 2.05) is 0 Å². The van der Waals surface area contributed by atoms with Crippen molar-refractivity contribution in [1.82, 2.24) is 0 Å². The average molecular weight is 751 g/mol. The van der Waals surface area contributed by atoms with E-state index in [1.165, 1.54) is 100 Å². The number of benzene rings is 8. The van der Waals surface area contributed by atoms with Crippen LogP contribution in [-0.4, -0.2) is 0 Å². The van der Waals surface area contributed by atoms with Gasteiger partial charge in [0.2, 0.25) is 0 Å². The lowest BCUT2D eigenvalue weighted by atomic mass is 9.83. The van der Waals surface area contributed by atoms with Gasteiger partial charge < -0.3 is 9.80 Å². The highest BCUT2D eigenvalue weighted by atomic mass is 15.2. The first-order valence-corrected chi connectivity index (χ1v) is 20.9. The minimum absolute atomic E-state index is 1.14. The van der Waals surface area contributed by atoms with Gasteiger partial charge in [-0.15, -0.1) is 0 Å². The van der Waals surface area contributed by atoms with Gasteiger partial charge in [0, 0.05) is 22.7 Å². The normalized spacial score (nSPS) is 12.7. The SMILES string of the molecule is Cc1cc(C)c(N(c2ccccc2)c2cc(-c3ccc4c(c3)CC4)c3cc(N(c4ccccc4)c4c(C)cc(C)cc4C)cc(-c4ccc5c(c4)CC5)c3c2)c(C)c1. The maximum Gasteiger partial charge on any atom is 0.0520 e. The molecule has 0 heterocycles. The minimum atomic E-state index is 1.14. The predicted molar refractivity (Wildman–Crippen MR) is 247 cm³/mol. The zero-order valence-corrected chi connectivity index (χ0v) is 34.6. The Morgan fingerprint density at radius 1 is 0.328 bits per heavy atom. The topological polar surface area (TPSA) is 6.48 Å². The fourth-order valence-electron chi connectivity index (χ4n) is 9.91. The van der Waals surface area contributed by atoms with Crippen molar-refractivity contribution in [3.8, 4) is 22.3 Å². The predicted octanol–water partition coefficient (Wildman–Crippen LogP) is 15.2. The van der Waals surface area contributed by atoms with Crippen LogP contribution in [0.2, 0.25) is 0 Å². The Kier molecular flexibility index (Phi) is 8.82. The molecule has 2 aliphatic carbocycles. The Bertz CT molecular complexity index is 2660. The average Bonchev–Trinajstić information content (AvgIpc) is 3.18. The summed E-state index contributed by atoms with van der Waals surface area (Å²) in [6.45, 7) is 13.4. The van der Waals surface area contributed by atoms with Gasteiger partial charge in [0.15, 0.2) is 0 Å². The lowest BCUT2D eigenvalue weighted by Gasteiger charge is -2.32. The van der Waals surface area contributed by atoms with Crippen LogP contribution in [0.5, 0.6) is 0 Å². The van der Waals surface area contributed by atoms with Crippen molar-refractivity contribution in [3.63, 3.8) is 0 Å². The molecule has 0 spiro atoms. The summed E-state index contributed by atoms with van der Waals surface area (Å²) in [5.74, 6) is 0. The van der Waals surface area contributed by atoms with E-state index in [0.717, 1.165) is 48.4 Å². The van der Waals surface area contributed by atoms with E-state index in [0.29, 0.717) is 0 Å². The molecule has 10 rings (SSSR count). The van der Waals surface area contributed by atoms with Crippen molar-refractivity contribution in [1.29, 1.82) is 0 Å². The van der Waals surface area contributed by atoms with Gasteiger partial charge in [0.1, 0.15) is 0 Å². The van der Waals surface area contributed by atoms with Crippen LogP contribution >= 0.6 is 0 Å². The first kappa shape index (κ1) is 36.0. The van der Waals surface area contributed by atoms with E-state index in [2.05, 4.69) is 197 Å². The van der Waals surface area contributed by atoms with Gasteiger partial charge >= 0.3 is 0 Å². The molecule has 8 aromatic rings. The molecule has 58 heavy (non-hydrogen) atoms. The third kappa shape index (κ3) is 6.19. The molecule has 0 amide bonds. The maximum absolute atomic E-state index is 2.50. The van der Waals surface area contributed by atoms with E-state index in [1.54, 1.807) is 0 Å². The molecule has 284 valence electrons. The van der Waals surface area contributed by atoms with Gasteiger partial charge in [-0.3, -0.25) is 0 Å². The van der Waals surface area contributed by atoms with Crippen LogP contribution in [-0.2, 0) is 25.7 Å². The van der Waals surface area contributed by atoms with Crippen LogP contribution < -0.4 is 9.80 Å². The molecular weight excluding hydrogens is 701 g/mol. The van der Waals surface area contributed by atoms with Crippen LogP contribution in [0.4, 0.5) is 34.1 Å². The van der Waals surface area contributed by atoms with Crippen LogP contribution in [0, 0.1) is 41.5 Å². The van der Waals surface area contributed by atoms with Crippen molar-refractivity contribution in [3.05, 3.63) is 201 Å². The summed E-state index contributed by atoms with van der Waals surface area (Å²) in [6.07, 6.45) is 4.60. The van der Waals surface area contributed by atoms with E-state index in [-0.39, 0.29) is 0 Å². The third-order valence-corrected chi connectivity index (χ3v) is 12.7. The zero-order chi connectivity index (χ0) is 39.7. The van der Waals surface area contributed by atoms with Gasteiger partial charge in [-0.25, -0.2) is 0 Å². The minimum Gasteiger partial charge on any atom is -0.310 e. The largest absolute Gasteiger partial charge is 0.310 e. The molecule has 0 unspecified atom stereocenters. The molecular formula is C56H50N2. The molecule has 2 nitrogen and oxygen atoms in total. The lowest BCUT2D eigenvalue weighted by molar-refractivity contribution is 0.840. The monoisotopic (exact) mass is 750 g/mol. The maximum atomic E-state index is 2.50. The standard InChI is InChI=1S/C56H50N2/c1-35-25-37(3)55(38(4)26-35)57(47-13-9-7-10-14-47)49-31-51(45-23-19-41-17-21-43(41)29-45)54-34-50(32-52(53(54)33-49)46-24-20-42-18-22-44(42)30-46)58(48-15-11-8-12-16-48)56-39(5)27-36(2)28-40(56)6/h7-16,19-20,23-34H,17-18,21-22H2,1-6H3. The Labute approximate surface area is 344 Å². The molecule has 0 saturated carbocycles. The van der Waals surface area contributed by atoms with Crippen molar-refractivity contribution in [2.45, 2.75) is 67.2 Å². The number of rotatable bonds is 8. The highest BCUT2D eigenvalue weighted by molar-refractivity contribution is 6.10. The second-order valence-corrected chi connectivity index (χ2v) is 16.9. The Morgan fingerprint density at radius 3 is 1.02 bits per heavy atom. The fourth-order valence-corrected chi connectivity index (χ4v) is 9.91. The summed E-state index contributed by atoms with van der Waals surface area (Å²) in [4.78, 5) is 5.00. The smallest absolute Gasteiger partial charge is 0.0520 e. The fraction of sp³-hybridized carbons (Fsp3) is 0.179. The van der Waals surface area contributed by atoms with Crippen molar-refractivity contribution in [2.75, 3.05) is 9.80 Å². The second-order valence-electron chi connectivity index (χ2n) is 16.9. The summed E-state index contributed by atoms with van der Waals surface area (Å²) in [6, 6.07) is 55.4. The van der Waals surface area contributed by atoms with Gasteiger partial charge in [-0.05, 0) is 193 Å². The van der Waals surface area contributed by atoms with E-state index in [4.69, 9.17) is 0 Å². The number of fused-ring (bicyclic) bond motifs is 3. The third-order valence-electron chi connectivity index (χ3n) is 12.7. The van der Waals surface area contributed by atoms with Crippen LogP contribution in [0.3, 0.4) is 0 Å². The van der Waals surface area contributed by atoms with Gasteiger partial charge in [0.25, 0.3) is 0 Å². The first-order chi connectivity index (χ1) is 28.2. The van der Waals surface area contributed by atoms with Gasteiger partial charge in [-0.1, -0.05) is 108 Å². The van der Waals surface area contributed by atoms with Gasteiger partial charge in [-0.2, -0.15) is 0 Å². The summed E-state index contributed by atoms with van der Waals surface area (Å²) in [5.41, 5.74) is 25.7. The molecule has 0 fully saturated rings. The molecule has 0 saturated heterocycles. The second kappa shape index (κ2) is 14.2. The quantitative estimate of drug-likeness (QED) is 0.153. The van der Waals surface area contributed by atoms with Gasteiger partial charge in [0.05, 0.1) is 11.4 Å². The zero-order valence-electron chi connectivity index (χ0n) is 34.6. The molecule has 2 heteroatoms.